The Kier molecular flexibility index (Phi) is 6.14. The quantitative estimate of drug-likeness (QED) is 0.627. The van der Waals surface area contributed by atoms with Crippen LogP contribution in [0, 0.1) is 5.92 Å². The van der Waals surface area contributed by atoms with E-state index in [-0.39, 0.29) is 0 Å². The molecule has 4 rings (SSSR count). The minimum Gasteiger partial charge on any atom is -0.340 e. The average molecular weight is 465 g/mol. The first-order valence-corrected chi connectivity index (χ1v) is 11.1. The Morgan fingerprint density at radius 1 is 1.10 bits per heavy atom. The molecule has 3 heterocycles. The van der Waals surface area contributed by atoms with E-state index in [2.05, 4.69) is 28.6 Å². The molecule has 31 heavy (non-hydrogen) atoms. The van der Waals surface area contributed by atoms with Crippen LogP contribution in [0.3, 0.4) is 0 Å². The number of aryl methyl sites for hydroxylation is 1. The van der Waals surface area contributed by atoms with Gasteiger partial charge in [0.15, 0.2) is 11.2 Å². The van der Waals surface area contributed by atoms with Gasteiger partial charge in [-0.15, -0.1) is 0 Å². The monoisotopic (exact) mass is 464 g/mol. The lowest BCUT2D eigenvalue weighted by Crippen LogP contribution is -2.47. The fraction of sp³-hybridized carbons (Fsp3) is 0.476. The highest BCUT2D eigenvalue weighted by molar-refractivity contribution is 6.35. The molecule has 0 bridgehead atoms. The zero-order chi connectivity index (χ0) is 22.3. The summed E-state index contributed by atoms with van der Waals surface area (Å²) >= 11 is 12.7. The number of fused-ring (bicyclic) bond motifs is 1. The van der Waals surface area contributed by atoms with Crippen molar-refractivity contribution in [1.82, 2.24) is 24.0 Å². The van der Waals surface area contributed by atoms with Crippen molar-refractivity contribution in [1.29, 1.82) is 0 Å². The minimum atomic E-state index is -0.459. The molecule has 0 aliphatic carbocycles. The number of hydrogen-bond acceptors (Lipinski definition) is 5. The van der Waals surface area contributed by atoms with Gasteiger partial charge in [-0.2, -0.15) is 4.98 Å². The molecule has 1 fully saturated rings. The molecule has 10 heteroatoms. The average Bonchev–Trinajstić information content (AvgIpc) is 3.09. The summed E-state index contributed by atoms with van der Waals surface area (Å²) in [6.07, 6.45) is 0. The molecule has 0 radical (unpaired) electrons. The number of rotatable bonds is 5. The van der Waals surface area contributed by atoms with E-state index < -0.39 is 11.2 Å². The van der Waals surface area contributed by atoms with Crippen LogP contribution in [0.1, 0.15) is 19.4 Å². The lowest BCUT2D eigenvalue weighted by Gasteiger charge is -2.35. The van der Waals surface area contributed by atoms with E-state index in [9.17, 15) is 9.59 Å². The fourth-order valence-electron chi connectivity index (χ4n) is 4.02. The van der Waals surface area contributed by atoms with Crippen molar-refractivity contribution in [3.05, 3.63) is 54.6 Å². The van der Waals surface area contributed by atoms with Gasteiger partial charge in [0.25, 0.3) is 5.56 Å². The summed E-state index contributed by atoms with van der Waals surface area (Å²) in [7, 11) is 1.63. The molecule has 2 aromatic heterocycles. The van der Waals surface area contributed by atoms with Crippen LogP contribution in [-0.4, -0.2) is 50.2 Å². The number of halogens is 2. The first-order chi connectivity index (χ1) is 14.8. The Morgan fingerprint density at radius 3 is 2.35 bits per heavy atom. The van der Waals surface area contributed by atoms with Gasteiger partial charge in [0, 0.05) is 61.9 Å². The van der Waals surface area contributed by atoms with Crippen LogP contribution >= 0.6 is 23.2 Å². The molecular weight excluding hydrogens is 439 g/mol. The van der Waals surface area contributed by atoms with E-state index >= 15 is 0 Å². The molecule has 1 aromatic carbocycles. The summed E-state index contributed by atoms with van der Waals surface area (Å²) in [6, 6.07) is 5.56. The first kappa shape index (κ1) is 21.9. The van der Waals surface area contributed by atoms with Crippen molar-refractivity contribution in [2.75, 3.05) is 31.1 Å². The number of hydrogen-bond donors (Lipinski definition) is 1. The molecule has 8 nitrogen and oxygen atoms in total. The van der Waals surface area contributed by atoms with E-state index in [0.29, 0.717) is 40.2 Å². The number of aromatic nitrogens is 4. The fourth-order valence-corrected chi connectivity index (χ4v) is 4.53. The molecule has 1 aliphatic rings. The van der Waals surface area contributed by atoms with Gasteiger partial charge in [0.1, 0.15) is 0 Å². The number of piperazine rings is 1. The predicted octanol–water partition coefficient (Wildman–Crippen LogP) is 2.71. The van der Waals surface area contributed by atoms with Crippen LogP contribution in [0.15, 0.2) is 27.8 Å². The Bertz CT molecular complexity index is 1200. The van der Waals surface area contributed by atoms with E-state index in [0.717, 1.165) is 37.7 Å². The van der Waals surface area contributed by atoms with Crippen molar-refractivity contribution in [3.8, 4) is 0 Å². The summed E-state index contributed by atoms with van der Waals surface area (Å²) in [5.41, 5.74) is 0.933. The summed E-state index contributed by atoms with van der Waals surface area (Å²) in [5.74, 6) is 1.04. The van der Waals surface area contributed by atoms with Gasteiger partial charge in [-0.1, -0.05) is 43.1 Å². The second-order valence-electron chi connectivity index (χ2n) is 8.37. The molecule has 0 unspecified atom stereocenters. The zero-order valence-electron chi connectivity index (χ0n) is 17.9. The Morgan fingerprint density at radius 2 is 1.74 bits per heavy atom. The maximum Gasteiger partial charge on any atom is 0.329 e. The third-order valence-electron chi connectivity index (χ3n) is 5.63. The van der Waals surface area contributed by atoms with Crippen molar-refractivity contribution in [2.24, 2.45) is 13.0 Å². The number of nitrogens with one attached hydrogen (secondary N) is 1. The lowest BCUT2D eigenvalue weighted by molar-refractivity contribution is 0.248. The highest BCUT2D eigenvalue weighted by atomic mass is 35.5. The second kappa shape index (κ2) is 8.68. The van der Waals surface area contributed by atoms with Gasteiger partial charge in [-0.05, 0) is 18.1 Å². The maximum absolute atomic E-state index is 12.6. The normalized spacial score (nSPS) is 15.4. The third-order valence-corrected chi connectivity index (χ3v) is 6.34. The summed E-state index contributed by atoms with van der Waals surface area (Å²) in [6.45, 7) is 8.62. The zero-order valence-corrected chi connectivity index (χ0v) is 19.4. The van der Waals surface area contributed by atoms with Crippen LogP contribution in [0.5, 0.6) is 0 Å². The molecule has 1 N–H and O–H groups in total. The predicted molar refractivity (Wildman–Crippen MR) is 124 cm³/mol. The largest absolute Gasteiger partial charge is 0.340 e. The molecule has 0 saturated carbocycles. The van der Waals surface area contributed by atoms with E-state index in [1.807, 2.05) is 22.8 Å². The number of anilines is 1. The standard InChI is InChI=1S/C21H26Cl2N6O2/c1-13(2)11-29-17-18(26(3)21(31)25-19(17)30)24-20(29)28-9-7-27(8-10-28)12-14-15(22)5-4-6-16(14)23/h4-6,13H,7-12H2,1-3H3,(H,25,30,31). The lowest BCUT2D eigenvalue weighted by atomic mass is 10.2. The first-order valence-electron chi connectivity index (χ1n) is 10.4. The van der Waals surface area contributed by atoms with Crippen molar-refractivity contribution in [3.63, 3.8) is 0 Å². The Balaban J connectivity index is 1.61. The van der Waals surface area contributed by atoms with E-state index in [1.54, 1.807) is 7.05 Å². The molecule has 166 valence electrons. The van der Waals surface area contributed by atoms with Gasteiger partial charge in [0.2, 0.25) is 5.95 Å². The Hall–Kier alpha value is -2.29. The van der Waals surface area contributed by atoms with Gasteiger partial charge in [-0.25, -0.2) is 4.79 Å². The molecule has 1 saturated heterocycles. The van der Waals surface area contributed by atoms with Crippen molar-refractivity contribution in [2.45, 2.75) is 26.9 Å². The van der Waals surface area contributed by atoms with Gasteiger partial charge in [-0.3, -0.25) is 19.2 Å². The SMILES string of the molecule is CC(C)Cn1c(N2CCN(Cc3c(Cl)cccc3Cl)CC2)nc2c1c(=O)[nH]c(=O)n2C. The molecule has 0 spiro atoms. The minimum absolute atomic E-state index is 0.316. The molecular formula is C21H26Cl2N6O2. The van der Waals surface area contributed by atoms with Crippen LogP contribution < -0.4 is 16.1 Å². The maximum atomic E-state index is 12.6. The highest BCUT2D eigenvalue weighted by Crippen LogP contribution is 2.27. The highest BCUT2D eigenvalue weighted by Gasteiger charge is 2.25. The van der Waals surface area contributed by atoms with Crippen LogP contribution in [0.2, 0.25) is 10.0 Å². The number of imidazole rings is 1. The number of benzene rings is 1. The number of H-pyrrole nitrogens is 1. The van der Waals surface area contributed by atoms with Gasteiger partial charge in [0.05, 0.1) is 0 Å². The number of nitrogens with zero attached hydrogens (tertiary/aromatic N) is 5. The van der Waals surface area contributed by atoms with Gasteiger partial charge >= 0.3 is 5.69 Å². The summed E-state index contributed by atoms with van der Waals surface area (Å²) < 4.78 is 3.34. The second-order valence-corrected chi connectivity index (χ2v) is 9.18. The van der Waals surface area contributed by atoms with Crippen molar-refractivity contribution >= 4 is 40.3 Å². The molecule has 3 aromatic rings. The molecule has 1 aliphatic heterocycles. The molecule has 0 amide bonds. The van der Waals surface area contributed by atoms with Gasteiger partial charge < -0.3 is 9.47 Å². The Labute approximate surface area is 190 Å². The van der Waals surface area contributed by atoms with Crippen LogP contribution in [0.25, 0.3) is 11.2 Å². The summed E-state index contributed by atoms with van der Waals surface area (Å²) in [5, 5.41) is 1.35. The van der Waals surface area contributed by atoms with Crippen LogP contribution in [-0.2, 0) is 20.1 Å². The smallest absolute Gasteiger partial charge is 0.329 e. The topological polar surface area (TPSA) is 79.2 Å². The molecule has 0 atom stereocenters. The summed E-state index contributed by atoms with van der Waals surface area (Å²) in [4.78, 5) is 36.2. The van der Waals surface area contributed by atoms with Crippen molar-refractivity contribution < 1.29 is 0 Å². The number of aromatic amines is 1. The third kappa shape index (κ3) is 4.24. The van der Waals surface area contributed by atoms with E-state index in [4.69, 9.17) is 28.2 Å². The van der Waals surface area contributed by atoms with Crippen LogP contribution in [0.4, 0.5) is 5.95 Å². The van der Waals surface area contributed by atoms with E-state index in [1.165, 1.54) is 4.57 Å².